The summed E-state index contributed by atoms with van der Waals surface area (Å²) >= 11 is 0. The maximum absolute atomic E-state index is 12.9. The minimum absolute atomic E-state index is 0.00754. The van der Waals surface area contributed by atoms with E-state index in [1.807, 2.05) is 4.90 Å². The van der Waals surface area contributed by atoms with E-state index >= 15 is 0 Å². The van der Waals surface area contributed by atoms with E-state index in [-0.39, 0.29) is 24.2 Å². The quantitative estimate of drug-likeness (QED) is 0.931. The van der Waals surface area contributed by atoms with Crippen molar-refractivity contribution in [3.63, 3.8) is 0 Å². The summed E-state index contributed by atoms with van der Waals surface area (Å²) in [5.41, 5.74) is 0.366. The van der Waals surface area contributed by atoms with Gasteiger partial charge < -0.3 is 10.2 Å². The number of hydrogen-bond acceptors (Lipinski definition) is 2. The summed E-state index contributed by atoms with van der Waals surface area (Å²) in [6.45, 7) is 1.63. The molecule has 1 aromatic rings. The maximum atomic E-state index is 12.9. The third kappa shape index (κ3) is 3.89. The van der Waals surface area contributed by atoms with Gasteiger partial charge in [0.05, 0.1) is 6.54 Å². The molecular formula is C18H23FN2O2. The van der Waals surface area contributed by atoms with Crippen molar-refractivity contribution in [1.29, 1.82) is 0 Å². The molecule has 1 heterocycles. The van der Waals surface area contributed by atoms with Gasteiger partial charge in [0.2, 0.25) is 5.91 Å². The maximum Gasteiger partial charge on any atom is 0.251 e. The molecule has 0 spiro atoms. The first-order valence-electron chi connectivity index (χ1n) is 8.45. The molecule has 2 amide bonds. The molecule has 3 rings (SSSR count). The van der Waals surface area contributed by atoms with E-state index in [2.05, 4.69) is 5.32 Å². The summed E-state index contributed by atoms with van der Waals surface area (Å²) in [6, 6.07) is 5.32. The van der Waals surface area contributed by atoms with E-state index in [1.165, 1.54) is 49.9 Å². The monoisotopic (exact) mass is 318 g/mol. The van der Waals surface area contributed by atoms with E-state index in [0.29, 0.717) is 11.5 Å². The Labute approximate surface area is 136 Å². The molecule has 0 aromatic heterocycles. The second-order valence-electron chi connectivity index (χ2n) is 6.62. The first-order valence-corrected chi connectivity index (χ1v) is 8.45. The zero-order chi connectivity index (χ0) is 16.2. The van der Waals surface area contributed by atoms with Crippen LogP contribution >= 0.6 is 0 Å². The molecule has 1 aliphatic heterocycles. The highest BCUT2D eigenvalue weighted by Crippen LogP contribution is 2.35. The van der Waals surface area contributed by atoms with Gasteiger partial charge in [0.15, 0.2) is 0 Å². The number of amides is 2. The number of nitrogens with one attached hydrogen (secondary N) is 1. The second-order valence-corrected chi connectivity index (χ2v) is 6.62. The fourth-order valence-corrected chi connectivity index (χ4v) is 3.80. The average molecular weight is 318 g/mol. The van der Waals surface area contributed by atoms with Crippen molar-refractivity contribution >= 4 is 11.8 Å². The topological polar surface area (TPSA) is 49.4 Å². The third-order valence-corrected chi connectivity index (χ3v) is 5.15. The molecule has 0 bridgehead atoms. The van der Waals surface area contributed by atoms with Crippen LogP contribution in [-0.4, -0.2) is 36.3 Å². The van der Waals surface area contributed by atoms with Crippen LogP contribution in [0.15, 0.2) is 24.3 Å². The summed E-state index contributed by atoms with van der Waals surface area (Å²) in [5, 5.41) is 2.63. The molecule has 1 aromatic carbocycles. The molecule has 1 aliphatic carbocycles. The molecule has 0 radical (unpaired) electrons. The van der Waals surface area contributed by atoms with Gasteiger partial charge in [-0.15, -0.1) is 0 Å². The Bertz CT molecular complexity index is 573. The normalized spacial score (nSPS) is 24.0. The first-order chi connectivity index (χ1) is 11.1. The van der Waals surface area contributed by atoms with Crippen LogP contribution in [0, 0.1) is 17.7 Å². The summed E-state index contributed by atoms with van der Waals surface area (Å²) in [4.78, 5) is 26.2. The molecule has 124 valence electrons. The summed E-state index contributed by atoms with van der Waals surface area (Å²) in [5.74, 6) is 0.666. The van der Waals surface area contributed by atoms with Gasteiger partial charge in [-0.3, -0.25) is 9.59 Å². The van der Waals surface area contributed by atoms with Crippen LogP contribution < -0.4 is 5.32 Å². The van der Waals surface area contributed by atoms with Crippen LogP contribution in [0.3, 0.4) is 0 Å². The molecular weight excluding hydrogens is 295 g/mol. The van der Waals surface area contributed by atoms with E-state index in [9.17, 15) is 14.0 Å². The Balaban J connectivity index is 1.49. The molecule has 2 unspecified atom stereocenters. The predicted molar refractivity (Wildman–Crippen MR) is 85.4 cm³/mol. The molecule has 2 atom stereocenters. The fraction of sp³-hybridized carbons (Fsp3) is 0.556. The van der Waals surface area contributed by atoms with Crippen molar-refractivity contribution in [2.24, 2.45) is 11.8 Å². The largest absolute Gasteiger partial charge is 0.343 e. The lowest BCUT2D eigenvalue weighted by Gasteiger charge is -2.41. The lowest BCUT2D eigenvalue weighted by atomic mass is 9.75. The Morgan fingerprint density at radius 1 is 1.09 bits per heavy atom. The van der Waals surface area contributed by atoms with Gasteiger partial charge in [0, 0.05) is 18.7 Å². The fourth-order valence-electron chi connectivity index (χ4n) is 3.80. The summed E-state index contributed by atoms with van der Waals surface area (Å²) < 4.78 is 12.9. The van der Waals surface area contributed by atoms with Crippen LogP contribution in [0.5, 0.6) is 0 Å². The number of piperidine rings is 1. The lowest BCUT2D eigenvalue weighted by molar-refractivity contribution is -0.133. The number of nitrogens with zero attached hydrogens (tertiary/aromatic N) is 1. The van der Waals surface area contributed by atoms with Crippen molar-refractivity contribution in [2.45, 2.75) is 32.1 Å². The second kappa shape index (κ2) is 7.11. The smallest absolute Gasteiger partial charge is 0.251 e. The molecule has 5 heteroatoms. The van der Waals surface area contributed by atoms with E-state index in [0.717, 1.165) is 25.4 Å². The Hall–Kier alpha value is -1.91. The molecule has 23 heavy (non-hydrogen) atoms. The zero-order valence-electron chi connectivity index (χ0n) is 13.3. The molecule has 1 N–H and O–H groups in total. The Kier molecular flexibility index (Phi) is 4.94. The number of carbonyl (C=O) groups excluding carboxylic acids is 2. The Morgan fingerprint density at radius 2 is 1.78 bits per heavy atom. The number of carbonyl (C=O) groups is 2. The molecule has 1 saturated carbocycles. The van der Waals surface area contributed by atoms with Crippen molar-refractivity contribution in [3.8, 4) is 0 Å². The number of fused-ring (bicyclic) bond motifs is 1. The van der Waals surface area contributed by atoms with E-state index < -0.39 is 0 Å². The minimum Gasteiger partial charge on any atom is -0.343 e. The highest BCUT2D eigenvalue weighted by molar-refractivity contribution is 5.96. The van der Waals surface area contributed by atoms with Crippen molar-refractivity contribution in [3.05, 3.63) is 35.6 Å². The number of benzene rings is 1. The van der Waals surface area contributed by atoms with Crippen molar-refractivity contribution in [2.75, 3.05) is 19.6 Å². The third-order valence-electron chi connectivity index (χ3n) is 5.15. The number of hydrogen-bond donors (Lipinski definition) is 1. The van der Waals surface area contributed by atoms with Gasteiger partial charge in [-0.1, -0.05) is 19.3 Å². The van der Waals surface area contributed by atoms with Crippen molar-refractivity contribution < 1.29 is 14.0 Å². The van der Waals surface area contributed by atoms with Gasteiger partial charge in [0.25, 0.3) is 5.91 Å². The SMILES string of the molecule is O=C(NCC(=O)N1CCC2CCCCC2C1)c1ccc(F)cc1. The van der Waals surface area contributed by atoms with Crippen LogP contribution in [0.2, 0.25) is 0 Å². The summed E-state index contributed by atoms with van der Waals surface area (Å²) in [6.07, 6.45) is 6.19. The van der Waals surface area contributed by atoms with Crippen LogP contribution in [0.4, 0.5) is 4.39 Å². The average Bonchev–Trinajstić information content (AvgIpc) is 2.59. The van der Waals surface area contributed by atoms with Crippen LogP contribution in [0.1, 0.15) is 42.5 Å². The van der Waals surface area contributed by atoms with Gasteiger partial charge in [-0.25, -0.2) is 4.39 Å². The lowest BCUT2D eigenvalue weighted by Crippen LogP contribution is -2.48. The van der Waals surface area contributed by atoms with Crippen LogP contribution in [0.25, 0.3) is 0 Å². The minimum atomic E-state index is -0.382. The predicted octanol–water partition coefficient (Wildman–Crippen LogP) is 2.59. The zero-order valence-corrected chi connectivity index (χ0v) is 13.3. The molecule has 1 saturated heterocycles. The van der Waals surface area contributed by atoms with Crippen molar-refractivity contribution in [1.82, 2.24) is 10.2 Å². The molecule has 4 nitrogen and oxygen atoms in total. The highest BCUT2D eigenvalue weighted by atomic mass is 19.1. The standard InChI is InChI=1S/C18H23FN2O2/c19-16-7-5-14(6-8-16)18(23)20-11-17(22)21-10-9-13-3-1-2-4-15(13)12-21/h5-8,13,15H,1-4,9-12H2,(H,20,23). The van der Waals surface area contributed by atoms with E-state index in [1.54, 1.807) is 0 Å². The highest BCUT2D eigenvalue weighted by Gasteiger charge is 2.32. The summed E-state index contributed by atoms with van der Waals surface area (Å²) in [7, 11) is 0. The van der Waals surface area contributed by atoms with E-state index in [4.69, 9.17) is 0 Å². The molecule has 2 fully saturated rings. The molecule has 2 aliphatic rings. The van der Waals surface area contributed by atoms with Crippen LogP contribution in [-0.2, 0) is 4.79 Å². The Morgan fingerprint density at radius 3 is 2.52 bits per heavy atom. The number of likely N-dealkylation sites (tertiary alicyclic amines) is 1. The van der Waals surface area contributed by atoms with Gasteiger partial charge in [0.1, 0.15) is 5.82 Å². The number of rotatable bonds is 3. The number of halogens is 1. The van der Waals surface area contributed by atoms with Gasteiger partial charge >= 0.3 is 0 Å². The first kappa shape index (κ1) is 16.0. The van der Waals surface area contributed by atoms with Gasteiger partial charge in [-0.05, 0) is 48.9 Å². The van der Waals surface area contributed by atoms with Gasteiger partial charge in [-0.2, -0.15) is 0 Å².